The highest BCUT2D eigenvalue weighted by molar-refractivity contribution is 7.16. The van der Waals surface area contributed by atoms with Crippen molar-refractivity contribution in [2.45, 2.75) is 40.0 Å². The van der Waals surface area contributed by atoms with Crippen LogP contribution in [-0.2, 0) is 22.4 Å². The minimum Gasteiger partial charge on any atom is -0.482 e. The van der Waals surface area contributed by atoms with Crippen molar-refractivity contribution < 1.29 is 14.3 Å². The molecule has 0 bridgehead atoms. The van der Waals surface area contributed by atoms with Gasteiger partial charge in [0.15, 0.2) is 6.61 Å². The minimum atomic E-state index is -0.421. The second kappa shape index (κ2) is 8.79. The van der Waals surface area contributed by atoms with Crippen molar-refractivity contribution in [1.29, 1.82) is 5.26 Å². The van der Waals surface area contributed by atoms with Gasteiger partial charge in [0, 0.05) is 11.1 Å². The lowest BCUT2D eigenvalue weighted by molar-refractivity contribution is -0.142. The molecule has 0 N–H and O–H groups in total. The number of carbonyl (C=O) groups excluding carboxylic acids is 1. The molecule has 0 spiro atoms. The summed E-state index contributed by atoms with van der Waals surface area (Å²) >= 11 is 1.65. The number of fused-ring (bicyclic) bond motifs is 1. The van der Waals surface area contributed by atoms with Gasteiger partial charge in [-0.1, -0.05) is 20.8 Å². The number of nitrogens with zero attached hydrogens (tertiary/aromatic N) is 2. The van der Waals surface area contributed by atoms with E-state index in [1.165, 1.54) is 17.6 Å². The number of ether oxygens (including phenoxy) is 2. The fourth-order valence-electron chi connectivity index (χ4n) is 3.50. The average molecular weight is 411 g/mol. The molecule has 3 rings (SSSR count). The molecule has 0 saturated heterocycles. The number of hydrogen-bond acceptors (Lipinski definition) is 6. The maximum absolute atomic E-state index is 11.1. The van der Waals surface area contributed by atoms with Crippen molar-refractivity contribution in [3.05, 3.63) is 45.8 Å². The van der Waals surface area contributed by atoms with Crippen molar-refractivity contribution in [3.63, 3.8) is 0 Å². The summed E-state index contributed by atoms with van der Waals surface area (Å²) < 4.78 is 9.90. The monoisotopic (exact) mass is 410 g/mol. The first-order valence-corrected chi connectivity index (χ1v) is 10.5. The van der Waals surface area contributed by atoms with E-state index >= 15 is 0 Å². The maximum atomic E-state index is 11.1. The quantitative estimate of drug-likeness (QED) is 0.509. The molecule has 1 aromatic heterocycles. The largest absolute Gasteiger partial charge is 0.482 e. The van der Waals surface area contributed by atoms with Crippen molar-refractivity contribution in [2.75, 3.05) is 13.7 Å². The number of hydrogen-bond donors (Lipinski definition) is 0. The van der Waals surface area contributed by atoms with E-state index < -0.39 is 5.97 Å². The van der Waals surface area contributed by atoms with Crippen LogP contribution in [0.1, 0.15) is 48.8 Å². The molecule has 1 aliphatic rings. The Kier molecular flexibility index (Phi) is 6.39. The molecule has 0 aliphatic heterocycles. The van der Waals surface area contributed by atoms with E-state index in [1.54, 1.807) is 29.7 Å². The molecule has 29 heavy (non-hydrogen) atoms. The zero-order chi connectivity index (χ0) is 21.0. The van der Waals surface area contributed by atoms with E-state index in [9.17, 15) is 10.1 Å². The molecular formula is C23H26N2O3S. The zero-order valence-corrected chi connectivity index (χ0v) is 18.1. The second-order valence-corrected chi connectivity index (χ2v) is 9.38. The Hall–Kier alpha value is -2.65. The lowest BCUT2D eigenvalue weighted by Gasteiger charge is -2.33. The number of carbonyl (C=O) groups is 1. The molecule has 0 amide bonds. The van der Waals surface area contributed by atoms with Crippen LogP contribution in [0.3, 0.4) is 0 Å². The van der Waals surface area contributed by atoms with Crippen molar-refractivity contribution in [2.24, 2.45) is 16.3 Å². The molecule has 2 aromatic rings. The Bertz CT molecular complexity index is 946. The fraction of sp³-hybridized carbons (Fsp3) is 0.435. The molecule has 1 aliphatic carbocycles. The SMILES string of the molecule is COC(=O)COc1ccc(C=Nc2sc3c(c2C#N)CC[C@@H](C(C)(C)C)C3)cc1. The first-order valence-electron chi connectivity index (χ1n) is 9.70. The third-order valence-electron chi connectivity index (χ3n) is 5.38. The summed E-state index contributed by atoms with van der Waals surface area (Å²) in [7, 11) is 1.33. The van der Waals surface area contributed by atoms with Gasteiger partial charge in [-0.2, -0.15) is 5.26 Å². The van der Waals surface area contributed by atoms with E-state index in [2.05, 4.69) is 36.6 Å². The number of methoxy groups -OCH3 is 1. The standard InChI is InChI=1S/C23H26N2O3S/c1-23(2,3)16-7-10-18-19(12-24)22(29-20(18)11-16)25-13-15-5-8-17(9-6-15)28-14-21(26)27-4/h5-6,8-9,13,16H,7,10-11,14H2,1-4H3/t16-/m1/s1. The smallest absolute Gasteiger partial charge is 0.343 e. The highest BCUT2D eigenvalue weighted by atomic mass is 32.1. The van der Waals surface area contributed by atoms with Gasteiger partial charge < -0.3 is 9.47 Å². The summed E-state index contributed by atoms with van der Waals surface area (Å²) in [5, 5.41) is 10.5. The summed E-state index contributed by atoms with van der Waals surface area (Å²) in [6.07, 6.45) is 4.87. The third-order valence-corrected chi connectivity index (χ3v) is 6.54. The molecule has 0 fully saturated rings. The van der Waals surface area contributed by atoms with Crippen molar-refractivity contribution in [3.8, 4) is 11.8 Å². The van der Waals surface area contributed by atoms with Gasteiger partial charge in [0.2, 0.25) is 0 Å². The number of rotatable bonds is 5. The lowest BCUT2D eigenvalue weighted by atomic mass is 9.72. The van der Waals surface area contributed by atoms with Gasteiger partial charge in [0.05, 0.1) is 12.7 Å². The normalized spacial score (nSPS) is 16.3. The number of benzene rings is 1. The molecule has 6 heteroatoms. The van der Waals surface area contributed by atoms with E-state index in [1.807, 2.05) is 12.1 Å². The summed E-state index contributed by atoms with van der Waals surface area (Å²) in [4.78, 5) is 17.1. The van der Waals surface area contributed by atoms with Crippen LogP contribution in [0.2, 0.25) is 0 Å². The Morgan fingerprint density at radius 2 is 2.07 bits per heavy atom. The van der Waals surface area contributed by atoms with Crippen LogP contribution in [0, 0.1) is 22.7 Å². The molecular weight excluding hydrogens is 384 g/mol. The Labute approximate surface area is 176 Å². The summed E-state index contributed by atoms with van der Waals surface area (Å²) in [5.41, 5.74) is 3.09. The second-order valence-electron chi connectivity index (χ2n) is 8.29. The highest BCUT2D eigenvalue weighted by Gasteiger charge is 2.32. The average Bonchev–Trinajstić information content (AvgIpc) is 3.07. The molecule has 0 saturated carbocycles. The van der Waals surface area contributed by atoms with E-state index in [0.717, 1.165) is 35.4 Å². The predicted molar refractivity (Wildman–Crippen MR) is 115 cm³/mol. The van der Waals surface area contributed by atoms with E-state index in [4.69, 9.17) is 4.74 Å². The van der Waals surface area contributed by atoms with Crippen LogP contribution in [0.5, 0.6) is 5.75 Å². The van der Waals surface area contributed by atoms with Crippen LogP contribution >= 0.6 is 11.3 Å². The number of thiophene rings is 1. The zero-order valence-electron chi connectivity index (χ0n) is 17.3. The molecule has 1 atom stereocenters. The summed E-state index contributed by atoms with van der Waals surface area (Å²) in [6, 6.07) is 9.66. The van der Waals surface area contributed by atoms with Crippen molar-refractivity contribution in [1.82, 2.24) is 0 Å². The van der Waals surface area contributed by atoms with Gasteiger partial charge in [-0.3, -0.25) is 0 Å². The topological polar surface area (TPSA) is 71.7 Å². The molecule has 152 valence electrons. The van der Waals surface area contributed by atoms with Crippen LogP contribution < -0.4 is 4.74 Å². The van der Waals surface area contributed by atoms with Gasteiger partial charge in [0.25, 0.3) is 0 Å². The Balaban J connectivity index is 1.74. The first-order chi connectivity index (χ1) is 13.8. The van der Waals surface area contributed by atoms with Gasteiger partial charge in [-0.05, 0) is 66.0 Å². The Morgan fingerprint density at radius 3 is 2.69 bits per heavy atom. The van der Waals surface area contributed by atoms with Gasteiger partial charge in [0.1, 0.15) is 16.8 Å². The molecule has 1 aromatic carbocycles. The number of esters is 1. The van der Waals surface area contributed by atoms with Crippen LogP contribution in [0.4, 0.5) is 5.00 Å². The molecule has 0 radical (unpaired) electrons. The Morgan fingerprint density at radius 1 is 1.34 bits per heavy atom. The minimum absolute atomic E-state index is 0.119. The summed E-state index contributed by atoms with van der Waals surface area (Å²) in [6.45, 7) is 6.75. The summed E-state index contributed by atoms with van der Waals surface area (Å²) in [5.74, 6) is 0.801. The molecule has 1 heterocycles. The van der Waals surface area contributed by atoms with Crippen LogP contribution in [0.25, 0.3) is 0 Å². The van der Waals surface area contributed by atoms with E-state index in [-0.39, 0.29) is 12.0 Å². The highest BCUT2D eigenvalue weighted by Crippen LogP contribution is 2.44. The van der Waals surface area contributed by atoms with Crippen LogP contribution in [-0.4, -0.2) is 25.9 Å². The third kappa shape index (κ3) is 5.04. The molecule has 5 nitrogen and oxygen atoms in total. The van der Waals surface area contributed by atoms with Gasteiger partial charge in [-0.15, -0.1) is 11.3 Å². The van der Waals surface area contributed by atoms with E-state index in [0.29, 0.717) is 11.7 Å². The number of aliphatic imine (C=N–C) groups is 1. The number of nitriles is 1. The van der Waals surface area contributed by atoms with Crippen LogP contribution in [0.15, 0.2) is 29.3 Å². The van der Waals surface area contributed by atoms with Crippen molar-refractivity contribution >= 4 is 28.5 Å². The predicted octanol–water partition coefficient (Wildman–Crippen LogP) is 5.07. The van der Waals surface area contributed by atoms with Gasteiger partial charge in [-0.25, -0.2) is 9.79 Å². The van der Waals surface area contributed by atoms with Gasteiger partial charge >= 0.3 is 5.97 Å². The maximum Gasteiger partial charge on any atom is 0.343 e. The fourth-order valence-corrected chi connectivity index (χ4v) is 4.72. The molecule has 0 unspecified atom stereocenters. The first kappa shape index (κ1) is 21.1. The lowest BCUT2D eigenvalue weighted by Crippen LogP contribution is -2.26.